The van der Waals surface area contributed by atoms with Crippen LogP contribution in [0.1, 0.15) is 13.3 Å². The lowest BCUT2D eigenvalue weighted by Crippen LogP contribution is -2.49. The number of para-hydroxylation sites is 2. The van der Waals surface area contributed by atoms with Gasteiger partial charge in [-0.2, -0.15) is 0 Å². The van der Waals surface area contributed by atoms with Crippen molar-refractivity contribution < 1.29 is 24.1 Å². The van der Waals surface area contributed by atoms with Crippen LogP contribution in [0.2, 0.25) is 0 Å². The number of ether oxygens (including phenoxy) is 3. The number of carbonyl (C=O) groups excluding carboxylic acids is 1. The van der Waals surface area contributed by atoms with Crippen molar-refractivity contribution in [3.8, 4) is 11.5 Å². The fourth-order valence-electron chi connectivity index (χ4n) is 3.59. The average Bonchev–Trinajstić information content (AvgIpc) is 2.83. The number of β-amino-alcohol motifs (C(OH)–C–C–N with tert-alkyl or cyclic N) is 1. The number of piperazine rings is 1. The number of hydrogen-bond acceptors (Lipinski definition) is 7. The first-order valence-electron chi connectivity index (χ1n) is 11.0. The quantitative estimate of drug-likeness (QED) is 0.583. The van der Waals surface area contributed by atoms with Gasteiger partial charge in [-0.1, -0.05) is 19.1 Å². The van der Waals surface area contributed by atoms with E-state index in [0.717, 1.165) is 44.0 Å². The Labute approximate surface area is 189 Å². The van der Waals surface area contributed by atoms with Crippen molar-refractivity contribution >= 4 is 17.5 Å². The lowest BCUT2D eigenvalue weighted by Gasteiger charge is -2.37. The van der Waals surface area contributed by atoms with Crippen LogP contribution in [0.5, 0.6) is 11.5 Å². The number of rotatable bonds is 10. The predicted molar refractivity (Wildman–Crippen MR) is 125 cm³/mol. The maximum atomic E-state index is 11.6. The molecule has 1 unspecified atom stereocenters. The zero-order chi connectivity index (χ0) is 22.8. The number of aliphatic hydroxyl groups is 1. The van der Waals surface area contributed by atoms with E-state index in [-0.39, 0.29) is 6.61 Å². The third-order valence-corrected chi connectivity index (χ3v) is 5.25. The summed E-state index contributed by atoms with van der Waals surface area (Å²) < 4.78 is 16.2. The maximum Gasteiger partial charge on any atom is 0.411 e. The van der Waals surface area contributed by atoms with E-state index in [1.165, 1.54) is 0 Å². The second kappa shape index (κ2) is 12.2. The molecule has 2 aromatic rings. The Hall–Kier alpha value is -2.97. The summed E-state index contributed by atoms with van der Waals surface area (Å²) in [5, 5.41) is 13.1. The van der Waals surface area contributed by atoms with E-state index in [9.17, 15) is 9.90 Å². The number of amides is 1. The fraction of sp³-hybridized carbons (Fsp3) is 0.458. The molecule has 2 N–H and O–H groups in total. The van der Waals surface area contributed by atoms with Crippen molar-refractivity contribution in [1.29, 1.82) is 0 Å². The Morgan fingerprint density at radius 3 is 2.50 bits per heavy atom. The third-order valence-electron chi connectivity index (χ3n) is 5.25. The van der Waals surface area contributed by atoms with Crippen LogP contribution in [-0.2, 0) is 4.74 Å². The highest BCUT2D eigenvalue weighted by Crippen LogP contribution is 2.28. The van der Waals surface area contributed by atoms with Gasteiger partial charge in [0.1, 0.15) is 24.2 Å². The molecule has 1 heterocycles. The number of nitrogens with one attached hydrogen (secondary N) is 1. The van der Waals surface area contributed by atoms with Crippen LogP contribution < -0.4 is 19.7 Å². The molecule has 174 valence electrons. The molecular weight excluding hydrogens is 410 g/mol. The molecule has 8 heteroatoms. The summed E-state index contributed by atoms with van der Waals surface area (Å²) in [4.78, 5) is 16.1. The molecule has 0 saturated carbocycles. The van der Waals surface area contributed by atoms with Crippen molar-refractivity contribution in [2.75, 3.05) is 63.3 Å². The van der Waals surface area contributed by atoms with E-state index in [4.69, 9.17) is 14.2 Å². The van der Waals surface area contributed by atoms with Crippen LogP contribution in [0, 0.1) is 0 Å². The van der Waals surface area contributed by atoms with E-state index < -0.39 is 12.2 Å². The Bertz CT molecular complexity index is 838. The molecule has 32 heavy (non-hydrogen) atoms. The minimum Gasteiger partial charge on any atom is -0.495 e. The largest absolute Gasteiger partial charge is 0.495 e. The van der Waals surface area contributed by atoms with Crippen LogP contribution in [0.15, 0.2) is 48.5 Å². The van der Waals surface area contributed by atoms with Gasteiger partial charge < -0.3 is 24.2 Å². The van der Waals surface area contributed by atoms with E-state index >= 15 is 0 Å². The monoisotopic (exact) mass is 443 g/mol. The van der Waals surface area contributed by atoms with Crippen LogP contribution in [0.3, 0.4) is 0 Å². The number of aliphatic hydroxyl groups excluding tert-OH is 1. The summed E-state index contributed by atoms with van der Waals surface area (Å²) in [7, 11) is 1.69. The Balaban J connectivity index is 1.38. The van der Waals surface area contributed by atoms with Gasteiger partial charge in [0.05, 0.1) is 19.4 Å². The predicted octanol–water partition coefficient (Wildman–Crippen LogP) is 3.22. The molecular formula is C24H33N3O5. The average molecular weight is 444 g/mol. The van der Waals surface area contributed by atoms with Gasteiger partial charge in [0.15, 0.2) is 0 Å². The number of carbonyl (C=O) groups is 1. The number of benzene rings is 2. The number of anilines is 2. The van der Waals surface area contributed by atoms with E-state index in [1.807, 2.05) is 25.1 Å². The molecule has 2 aromatic carbocycles. The second-order valence-electron chi connectivity index (χ2n) is 7.71. The molecule has 3 rings (SSSR count). The molecule has 1 fully saturated rings. The number of methoxy groups -OCH3 is 1. The normalized spacial score (nSPS) is 15.2. The minimum atomic E-state index is -0.588. The van der Waals surface area contributed by atoms with Crippen LogP contribution in [-0.4, -0.2) is 75.3 Å². The van der Waals surface area contributed by atoms with E-state index in [0.29, 0.717) is 24.6 Å². The maximum absolute atomic E-state index is 11.6. The van der Waals surface area contributed by atoms with E-state index in [1.54, 1.807) is 31.4 Å². The molecule has 0 spiro atoms. The van der Waals surface area contributed by atoms with Crippen molar-refractivity contribution in [3.05, 3.63) is 48.5 Å². The molecule has 0 aliphatic carbocycles. The molecule has 1 aliphatic heterocycles. The summed E-state index contributed by atoms with van der Waals surface area (Å²) in [6.07, 6.45) is -0.281. The molecule has 1 saturated heterocycles. The highest BCUT2D eigenvalue weighted by molar-refractivity contribution is 5.84. The smallest absolute Gasteiger partial charge is 0.411 e. The van der Waals surface area contributed by atoms with Crippen molar-refractivity contribution in [2.45, 2.75) is 19.4 Å². The van der Waals surface area contributed by atoms with Crippen LogP contribution >= 0.6 is 0 Å². The number of hydrogen-bond donors (Lipinski definition) is 2. The lowest BCUT2D eigenvalue weighted by atomic mass is 10.2. The summed E-state index contributed by atoms with van der Waals surface area (Å²) >= 11 is 0. The summed E-state index contributed by atoms with van der Waals surface area (Å²) in [5.74, 6) is 1.52. The molecule has 1 aliphatic rings. The van der Waals surface area contributed by atoms with Crippen molar-refractivity contribution in [3.63, 3.8) is 0 Å². The van der Waals surface area contributed by atoms with Gasteiger partial charge in [-0.3, -0.25) is 10.2 Å². The van der Waals surface area contributed by atoms with Crippen LogP contribution in [0.4, 0.5) is 16.2 Å². The summed E-state index contributed by atoms with van der Waals surface area (Å²) in [6, 6.07) is 15.0. The fourth-order valence-corrected chi connectivity index (χ4v) is 3.59. The van der Waals surface area contributed by atoms with Gasteiger partial charge in [-0.25, -0.2) is 4.79 Å². The van der Waals surface area contributed by atoms with Gasteiger partial charge in [0.25, 0.3) is 0 Å². The standard InChI is InChI=1S/C24H33N3O5/c1-3-16-31-24(29)25-19-8-10-21(11-9-19)32-18-20(28)17-26-12-14-27(15-13-26)22-6-4-5-7-23(22)30-2/h4-11,20,28H,3,12-18H2,1-2H3,(H,25,29). The first kappa shape index (κ1) is 23.7. The van der Waals surface area contributed by atoms with Gasteiger partial charge >= 0.3 is 6.09 Å². The summed E-state index contributed by atoms with van der Waals surface area (Å²) in [6.45, 7) is 6.58. The number of nitrogens with zero attached hydrogens (tertiary/aromatic N) is 2. The van der Waals surface area contributed by atoms with Gasteiger partial charge in [0.2, 0.25) is 0 Å². The van der Waals surface area contributed by atoms with Gasteiger partial charge in [-0.05, 0) is 42.8 Å². The highest BCUT2D eigenvalue weighted by Gasteiger charge is 2.21. The third kappa shape index (κ3) is 7.03. The second-order valence-corrected chi connectivity index (χ2v) is 7.71. The topological polar surface area (TPSA) is 83.5 Å². The molecule has 0 bridgehead atoms. The zero-order valence-corrected chi connectivity index (χ0v) is 18.8. The Morgan fingerprint density at radius 2 is 1.81 bits per heavy atom. The van der Waals surface area contributed by atoms with E-state index in [2.05, 4.69) is 21.2 Å². The lowest BCUT2D eigenvalue weighted by molar-refractivity contribution is 0.0663. The van der Waals surface area contributed by atoms with Crippen LogP contribution in [0.25, 0.3) is 0 Å². The Morgan fingerprint density at radius 1 is 1.09 bits per heavy atom. The SMILES string of the molecule is CCCOC(=O)Nc1ccc(OCC(O)CN2CCN(c3ccccc3OC)CC2)cc1. The van der Waals surface area contributed by atoms with Crippen molar-refractivity contribution in [1.82, 2.24) is 4.90 Å². The Kier molecular flexibility index (Phi) is 9.01. The summed E-state index contributed by atoms with van der Waals surface area (Å²) in [5.41, 5.74) is 1.74. The molecule has 0 radical (unpaired) electrons. The van der Waals surface area contributed by atoms with Crippen molar-refractivity contribution in [2.24, 2.45) is 0 Å². The molecule has 0 aromatic heterocycles. The first-order valence-corrected chi connectivity index (χ1v) is 11.0. The first-order chi connectivity index (χ1) is 15.6. The highest BCUT2D eigenvalue weighted by atomic mass is 16.5. The van der Waals surface area contributed by atoms with Gasteiger partial charge in [-0.15, -0.1) is 0 Å². The molecule has 8 nitrogen and oxygen atoms in total. The minimum absolute atomic E-state index is 0.206. The zero-order valence-electron chi connectivity index (χ0n) is 18.8. The van der Waals surface area contributed by atoms with Gasteiger partial charge in [0, 0.05) is 38.4 Å². The molecule has 1 atom stereocenters. The molecule has 1 amide bonds.